The van der Waals surface area contributed by atoms with Crippen LogP contribution in [0.2, 0.25) is 0 Å². The SMILES string of the molecule is CCOC(=O)c1cccc2ccc(S(N)(=O)=O)cc12. The molecule has 6 heteroatoms. The number of ether oxygens (including phenoxy) is 1. The van der Waals surface area contributed by atoms with Crippen LogP contribution in [0.5, 0.6) is 0 Å². The first-order valence-electron chi connectivity index (χ1n) is 5.66. The first-order valence-corrected chi connectivity index (χ1v) is 7.21. The summed E-state index contributed by atoms with van der Waals surface area (Å²) in [5, 5.41) is 6.34. The highest BCUT2D eigenvalue weighted by Crippen LogP contribution is 2.22. The number of sulfonamides is 1. The number of benzene rings is 2. The summed E-state index contributed by atoms with van der Waals surface area (Å²) in [5.74, 6) is -0.486. The minimum absolute atomic E-state index is 0.0308. The molecular formula is C13H13NO4S. The maximum absolute atomic E-state index is 11.8. The van der Waals surface area contributed by atoms with E-state index in [-0.39, 0.29) is 11.5 Å². The van der Waals surface area contributed by atoms with E-state index in [1.54, 1.807) is 31.2 Å². The van der Waals surface area contributed by atoms with Crippen molar-refractivity contribution in [1.29, 1.82) is 0 Å². The summed E-state index contributed by atoms with van der Waals surface area (Å²) in [4.78, 5) is 11.8. The molecule has 0 bridgehead atoms. The van der Waals surface area contributed by atoms with Crippen molar-refractivity contribution in [2.45, 2.75) is 11.8 Å². The van der Waals surface area contributed by atoms with Crippen LogP contribution in [-0.2, 0) is 14.8 Å². The Bertz CT molecular complexity index is 737. The molecule has 0 amide bonds. The quantitative estimate of drug-likeness (QED) is 0.866. The van der Waals surface area contributed by atoms with Gasteiger partial charge in [0.25, 0.3) is 0 Å². The normalized spacial score (nSPS) is 11.5. The highest BCUT2D eigenvalue weighted by molar-refractivity contribution is 7.89. The van der Waals surface area contributed by atoms with Crippen LogP contribution in [0.15, 0.2) is 41.3 Å². The van der Waals surface area contributed by atoms with Crippen molar-refractivity contribution in [3.05, 3.63) is 42.0 Å². The van der Waals surface area contributed by atoms with Gasteiger partial charge in [-0.3, -0.25) is 0 Å². The molecule has 0 heterocycles. The Hall–Kier alpha value is -1.92. The fourth-order valence-corrected chi connectivity index (χ4v) is 2.36. The van der Waals surface area contributed by atoms with Crippen molar-refractivity contribution in [3.63, 3.8) is 0 Å². The molecule has 0 spiro atoms. The van der Waals surface area contributed by atoms with Crippen molar-refractivity contribution in [2.75, 3.05) is 6.61 Å². The average molecular weight is 279 g/mol. The Morgan fingerprint density at radius 2 is 2.00 bits per heavy atom. The van der Waals surface area contributed by atoms with E-state index in [1.165, 1.54) is 12.1 Å². The van der Waals surface area contributed by atoms with Crippen LogP contribution < -0.4 is 5.14 Å². The molecule has 0 aliphatic rings. The Morgan fingerprint density at radius 1 is 1.26 bits per heavy atom. The zero-order chi connectivity index (χ0) is 14.0. The maximum atomic E-state index is 11.8. The van der Waals surface area contributed by atoms with Gasteiger partial charge < -0.3 is 4.74 Å². The van der Waals surface area contributed by atoms with Crippen LogP contribution in [0, 0.1) is 0 Å². The molecule has 0 unspecified atom stereocenters. The van der Waals surface area contributed by atoms with Gasteiger partial charge in [-0.25, -0.2) is 18.4 Å². The molecule has 5 nitrogen and oxygen atoms in total. The topological polar surface area (TPSA) is 86.5 Å². The van der Waals surface area contributed by atoms with Gasteiger partial charge in [0, 0.05) is 0 Å². The summed E-state index contributed by atoms with van der Waals surface area (Å²) < 4.78 is 27.6. The van der Waals surface area contributed by atoms with E-state index in [1.807, 2.05) is 0 Å². The number of hydrogen-bond donors (Lipinski definition) is 1. The van der Waals surface area contributed by atoms with E-state index in [9.17, 15) is 13.2 Å². The summed E-state index contributed by atoms with van der Waals surface area (Å²) in [7, 11) is -3.80. The number of carbonyl (C=O) groups excluding carboxylic acids is 1. The number of primary sulfonamides is 1. The molecule has 100 valence electrons. The van der Waals surface area contributed by atoms with Crippen LogP contribution in [0.4, 0.5) is 0 Å². The number of fused-ring (bicyclic) bond motifs is 1. The van der Waals surface area contributed by atoms with Crippen LogP contribution in [0.25, 0.3) is 10.8 Å². The highest BCUT2D eigenvalue weighted by atomic mass is 32.2. The summed E-state index contributed by atoms with van der Waals surface area (Å²) in [6.07, 6.45) is 0. The van der Waals surface area contributed by atoms with Crippen molar-refractivity contribution in [2.24, 2.45) is 5.14 Å². The molecule has 2 aromatic rings. The summed E-state index contributed by atoms with van der Waals surface area (Å²) in [5.41, 5.74) is 0.324. The molecule has 0 aliphatic carbocycles. The van der Waals surface area contributed by atoms with Crippen LogP contribution in [-0.4, -0.2) is 21.0 Å². The van der Waals surface area contributed by atoms with E-state index >= 15 is 0 Å². The number of hydrogen-bond acceptors (Lipinski definition) is 4. The van der Waals surface area contributed by atoms with E-state index < -0.39 is 16.0 Å². The van der Waals surface area contributed by atoms with E-state index in [2.05, 4.69) is 0 Å². The molecule has 0 aromatic heterocycles. The lowest BCUT2D eigenvalue weighted by molar-refractivity contribution is 0.0528. The summed E-state index contributed by atoms with van der Waals surface area (Å²) >= 11 is 0. The van der Waals surface area contributed by atoms with Crippen LogP contribution in [0.3, 0.4) is 0 Å². The van der Waals surface area contributed by atoms with Gasteiger partial charge in [-0.1, -0.05) is 18.2 Å². The highest BCUT2D eigenvalue weighted by Gasteiger charge is 2.14. The van der Waals surface area contributed by atoms with Crippen LogP contribution in [0.1, 0.15) is 17.3 Å². The molecule has 0 saturated carbocycles. The molecule has 0 aliphatic heterocycles. The molecule has 2 N–H and O–H groups in total. The van der Waals surface area contributed by atoms with Gasteiger partial charge in [0.1, 0.15) is 0 Å². The fraction of sp³-hybridized carbons (Fsp3) is 0.154. The largest absolute Gasteiger partial charge is 0.462 e. The van der Waals surface area contributed by atoms with Crippen molar-refractivity contribution < 1.29 is 17.9 Å². The molecule has 19 heavy (non-hydrogen) atoms. The molecule has 0 fully saturated rings. The number of esters is 1. The predicted octanol–water partition coefficient (Wildman–Crippen LogP) is 1.66. The first-order chi connectivity index (χ1) is 8.93. The van der Waals surface area contributed by atoms with E-state index in [0.717, 1.165) is 5.39 Å². The zero-order valence-corrected chi connectivity index (χ0v) is 11.1. The standard InChI is InChI=1S/C13H13NO4S/c1-2-18-13(15)11-5-3-4-9-6-7-10(8-12(9)11)19(14,16)17/h3-8H,2H2,1H3,(H2,14,16,17). The second kappa shape index (κ2) is 4.99. The van der Waals surface area contributed by atoms with Crippen molar-refractivity contribution in [3.8, 4) is 0 Å². The lowest BCUT2D eigenvalue weighted by Gasteiger charge is -2.07. The van der Waals surface area contributed by atoms with Gasteiger partial charge >= 0.3 is 5.97 Å². The number of carbonyl (C=O) groups is 1. The first kappa shape index (κ1) is 13.5. The fourth-order valence-electron chi connectivity index (χ4n) is 1.82. The second-order valence-electron chi connectivity index (χ2n) is 3.95. The Balaban J connectivity index is 2.68. The van der Waals surface area contributed by atoms with Gasteiger partial charge in [-0.2, -0.15) is 0 Å². The number of rotatable bonds is 3. The minimum Gasteiger partial charge on any atom is -0.462 e. The zero-order valence-electron chi connectivity index (χ0n) is 10.3. The molecular weight excluding hydrogens is 266 g/mol. The van der Waals surface area contributed by atoms with Gasteiger partial charge in [-0.05, 0) is 35.9 Å². The summed E-state index contributed by atoms with van der Waals surface area (Å²) in [6.45, 7) is 1.96. The minimum atomic E-state index is -3.80. The van der Waals surface area contributed by atoms with Gasteiger partial charge in [0.05, 0.1) is 17.1 Å². The number of nitrogens with two attached hydrogens (primary N) is 1. The molecule has 0 atom stereocenters. The van der Waals surface area contributed by atoms with Gasteiger partial charge in [0.2, 0.25) is 10.0 Å². The summed E-state index contributed by atoms with van der Waals surface area (Å²) in [6, 6.07) is 9.49. The Morgan fingerprint density at radius 3 is 2.63 bits per heavy atom. The molecule has 0 saturated heterocycles. The Kier molecular flexibility index (Phi) is 3.55. The third-order valence-corrected chi connectivity index (χ3v) is 3.59. The maximum Gasteiger partial charge on any atom is 0.338 e. The lowest BCUT2D eigenvalue weighted by atomic mass is 10.0. The van der Waals surface area contributed by atoms with Gasteiger partial charge in [0.15, 0.2) is 0 Å². The smallest absolute Gasteiger partial charge is 0.338 e. The van der Waals surface area contributed by atoms with Crippen LogP contribution >= 0.6 is 0 Å². The third-order valence-electron chi connectivity index (χ3n) is 2.68. The van der Waals surface area contributed by atoms with Crippen molar-refractivity contribution >= 4 is 26.8 Å². The van der Waals surface area contributed by atoms with Gasteiger partial charge in [-0.15, -0.1) is 0 Å². The van der Waals surface area contributed by atoms with Crippen molar-refractivity contribution in [1.82, 2.24) is 0 Å². The lowest BCUT2D eigenvalue weighted by Crippen LogP contribution is -2.12. The third kappa shape index (κ3) is 2.74. The predicted molar refractivity (Wildman–Crippen MR) is 71.3 cm³/mol. The Labute approximate surface area is 111 Å². The average Bonchev–Trinajstić information content (AvgIpc) is 2.36. The second-order valence-corrected chi connectivity index (χ2v) is 5.52. The molecule has 2 aromatic carbocycles. The molecule has 0 radical (unpaired) electrons. The molecule has 2 rings (SSSR count). The monoisotopic (exact) mass is 279 g/mol. The van der Waals surface area contributed by atoms with E-state index in [4.69, 9.17) is 9.88 Å². The van der Waals surface area contributed by atoms with E-state index in [0.29, 0.717) is 10.9 Å².